The molecule has 0 spiro atoms. The minimum atomic E-state index is -3.58. The lowest BCUT2D eigenvalue weighted by Gasteiger charge is -2.36. The quantitative estimate of drug-likeness (QED) is 0.275. The Hall–Kier alpha value is -2.91. The minimum Gasteiger partial charge on any atom is -0.488 e. The van der Waals surface area contributed by atoms with E-state index in [0.717, 1.165) is 16.3 Å². The van der Waals surface area contributed by atoms with Crippen molar-refractivity contribution in [2.75, 3.05) is 12.3 Å². The van der Waals surface area contributed by atoms with Crippen LogP contribution in [-0.2, 0) is 24.2 Å². The summed E-state index contributed by atoms with van der Waals surface area (Å²) in [7, 11) is -3.58. The number of carbonyl (C=O) groups is 3. The fourth-order valence-corrected chi connectivity index (χ4v) is 8.75. The van der Waals surface area contributed by atoms with E-state index in [-0.39, 0.29) is 48.5 Å². The molecule has 2 saturated carbocycles. The van der Waals surface area contributed by atoms with Crippen molar-refractivity contribution >= 4 is 49.8 Å². The molecule has 1 saturated heterocycles. The van der Waals surface area contributed by atoms with Gasteiger partial charge in [0.2, 0.25) is 11.8 Å². The number of Topliss-reactive ketones (excluding diaryl/α,β-unsaturated/α-hetero) is 1. The Labute approximate surface area is 278 Å². The Balaban J connectivity index is 1.45. The van der Waals surface area contributed by atoms with Gasteiger partial charge in [-0.2, -0.15) is 0 Å². The monoisotopic (exact) mass is 670 g/mol. The maximum absolute atomic E-state index is 14.4. The molecule has 1 heterocycles. The van der Waals surface area contributed by atoms with Crippen LogP contribution < -0.4 is 10.1 Å². The van der Waals surface area contributed by atoms with E-state index in [9.17, 15) is 22.8 Å². The van der Waals surface area contributed by atoms with Crippen molar-refractivity contribution in [3.05, 3.63) is 53.6 Å². The van der Waals surface area contributed by atoms with Gasteiger partial charge in [-0.3, -0.25) is 14.4 Å². The number of nitrogens with zero attached hydrogens (tertiary/aromatic N) is 1. The molecule has 5 rings (SSSR count). The zero-order valence-corrected chi connectivity index (χ0v) is 29.3. The van der Waals surface area contributed by atoms with E-state index in [4.69, 9.17) is 16.3 Å². The van der Waals surface area contributed by atoms with Crippen LogP contribution in [0.15, 0.2) is 43.0 Å². The zero-order valence-electron chi connectivity index (χ0n) is 27.8. The highest BCUT2D eigenvalue weighted by Crippen LogP contribution is 2.47. The first-order valence-corrected chi connectivity index (χ1v) is 18.4. The molecule has 2 amide bonds. The molecule has 8 nitrogen and oxygen atoms in total. The summed E-state index contributed by atoms with van der Waals surface area (Å²) in [6.07, 6.45) is 3.38. The van der Waals surface area contributed by atoms with Gasteiger partial charge in [0.05, 0.1) is 11.8 Å². The smallest absolute Gasteiger partial charge is 0.243 e. The molecule has 2 aliphatic carbocycles. The van der Waals surface area contributed by atoms with Crippen molar-refractivity contribution in [3.8, 4) is 5.75 Å². The maximum Gasteiger partial charge on any atom is 0.243 e. The van der Waals surface area contributed by atoms with Crippen LogP contribution in [0.3, 0.4) is 0 Å². The average molecular weight is 671 g/mol. The molecule has 3 fully saturated rings. The van der Waals surface area contributed by atoms with E-state index in [1.54, 1.807) is 11.0 Å². The summed E-state index contributed by atoms with van der Waals surface area (Å²) in [5.74, 6) is -1.58. The Morgan fingerprint density at radius 1 is 1.15 bits per heavy atom. The van der Waals surface area contributed by atoms with E-state index < -0.39 is 50.2 Å². The number of carbonyl (C=O) groups excluding carboxylic acids is 3. The van der Waals surface area contributed by atoms with Crippen LogP contribution in [-0.4, -0.2) is 66.1 Å². The molecule has 10 heteroatoms. The summed E-state index contributed by atoms with van der Waals surface area (Å²) in [5, 5.41) is 4.87. The van der Waals surface area contributed by atoms with Crippen molar-refractivity contribution in [1.82, 2.24) is 10.2 Å². The van der Waals surface area contributed by atoms with Crippen LogP contribution >= 0.6 is 11.6 Å². The normalized spacial score (nSPS) is 25.4. The fourth-order valence-electron chi connectivity index (χ4n) is 6.86. The van der Waals surface area contributed by atoms with Gasteiger partial charge in [-0.05, 0) is 73.1 Å². The molecule has 1 N–H and O–H groups in total. The molecule has 3 aliphatic rings. The Bertz CT molecular complexity index is 1660. The van der Waals surface area contributed by atoms with Crippen LogP contribution in [0.1, 0.15) is 72.3 Å². The SMILES string of the molecule is C=C[C@@H]1C[C@]1(NC(=O)[C@@H]1C[C@@H](Oc2ccc(C)c3ccc(Cl)cc23)CN1C(=O)C(CC(C)C)C(C)(C)C)C(=O)CS(=O)(=O)C1CC1. The first-order chi connectivity index (χ1) is 21.5. The van der Waals surface area contributed by atoms with Gasteiger partial charge >= 0.3 is 0 Å². The highest BCUT2D eigenvalue weighted by atomic mass is 35.5. The van der Waals surface area contributed by atoms with Gasteiger partial charge in [-0.15, -0.1) is 6.58 Å². The second-order valence-corrected chi connectivity index (χ2v) is 17.8. The molecule has 2 aromatic rings. The van der Waals surface area contributed by atoms with Crippen LogP contribution in [0.5, 0.6) is 5.75 Å². The largest absolute Gasteiger partial charge is 0.488 e. The van der Waals surface area contributed by atoms with Gasteiger partial charge in [0, 0.05) is 28.7 Å². The van der Waals surface area contributed by atoms with Gasteiger partial charge in [-0.1, -0.05) is 64.4 Å². The first-order valence-electron chi connectivity index (χ1n) is 16.3. The van der Waals surface area contributed by atoms with Gasteiger partial charge < -0.3 is 15.0 Å². The summed E-state index contributed by atoms with van der Waals surface area (Å²) in [5.41, 5.74) is -0.620. The highest BCUT2D eigenvalue weighted by Gasteiger charge is 2.61. The van der Waals surface area contributed by atoms with E-state index in [2.05, 4.69) is 25.7 Å². The van der Waals surface area contributed by atoms with Crippen molar-refractivity contribution < 1.29 is 27.5 Å². The number of benzene rings is 2. The number of likely N-dealkylation sites (tertiary alicyclic amines) is 1. The van der Waals surface area contributed by atoms with Crippen LogP contribution in [0, 0.1) is 30.1 Å². The average Bonchev–Trinajstić information content (AvgIpc) is 3.89. The molecule has 0 radical (unpaired) electrons. The summed E-state index contributed by atoms with van der Waals surface area (Å²) in [6.45, 7) is 16.3. The number of ether oxygens (including phenoxy) is 1. The molecule has 5 atom stereocenters. The van der Waals surface area contributed by atoms with E-state index >= 15 is 0 Å². The lowest BCUT2D eigenvalue weighted by Crippen LogP contribution is -2.55. The summed E-state index contributed by atoms with van der Waals surface area (Å²) < 4.78 is 32.0. The number of nitrogens with one attached hydrogen (secondary N) is 1. The van der Waals surface area contributed by atoms with Gasteiger partial charge in [0.25, 0.3) is 0 Å². The number of hydrogen-bond donors (Lipinski definition) is 1. The minimum absolute atomic E-state index is 0.128. The number of rotatable bonds is 12. The molecule has 0 aromatic heterocycles. The topological polar surface area (TPSA) is 110 Å². The second kappa shape index (κ2) is 12.6. The third-order valence-corrected chi connectivity index (χ3v) is 12.2. The molecule has 250 valence electrons. The van der Waals surface area contributed by atoms with Crippen molar-refractivity contribution in [2.24, 2.45) is 23.2 Å². The lowest BCUT2D eigenvalue weighted by atomic mass is 9.75. The molecular formula is C36H47ClN2O6S. The predicted octanol–water partition coefficient (Wildman–Crippen LogP) is 6.07. The molecular weight excluding hydrogens is 624 g/mol. The number of ketones is 1. The van der Waals surface area contributed by atoms with Crippen molar-refractivity contribution in [1.29, 1.82) is 0 Å². The molecule has 0 bridgehead atoms. The molecule has 1 unspecified atom stereocenters. The lowest BCUT2D eigenvalue weighted by molar-refractivity contribution is -0.145. The van der Waals surface area contributed by atoms with Crippen molar-refractivity contribution in [3.63, 3.8) is 0 Å². The van der Waals surface area contributed by atoms with Crippen LogP contribution in [0.2, 0.25) is 5.02 Å². The third kappa shape index (κ3) is 7.01. The summed E-state index contributed by atoms with van der Waals surface area (Å²) in [6, 6.07) is 8.60. The Morgan fingerprint density at radius 2 is 1.85 bits per heavy atom. The number of aryl methyl sites for hydroxylation is 1. The summed E-state index contributed by atoms with van der Waals surface area (Å²) >= 11 is 6.35. The molecule has 2 aromatic carbocycles. The summed E-state index contributed by atoms with van der Waals surface area (Å²) in [4.78, 5) is 43.6. The van der Waals surface area contributed by atoms with Gasteiger partial charge in [0.15, 0.2) is 15.6 Å². The van der Waals surface area contributed by atoms with Crippen LogP contribution in [0.25, 0.3) is 10.8 Å². The number of hydrogen-bond acceptors (Lipinski definition) is 6. The maximum atomic E-state index is 14.4. The Morgan fingerprint density at radius 3 is 2.43 bits per heavy atom. The molecule has 1 aliphatic heterocycles. The zero-order chi connectivity index (χ0) is 33.8. The molecule has 46 heavy (non-hydrogen) atoms. The van der Waals surface area contributed by atoms with Crippen molar-refractivity contribution in [2.45, 2.75) is 96.6 Å². The Kier molecular flexibility index (Phi) is 9.43. The number of amides is 2. The first kappa shape index (κ1) is 34.4. The highest BCUT2D eigenvalue weighted by molar-refractivity contribution is 7.93. The van der Waals surface area contributed by atoms with Gasteiger partial charge in [-0.25, -0.2) is 8.42 Å². The van der Waals surface area contributed by atoms with E-state index in [1.807, 2.05) is 58.0 Å². The van der Waals surface area contributed by atoms with Crippen LogP contribution in [0.4, 0.5) is 0 Å². The predicted molar refractivity (Wildman–Crippen MR) is 182 cm³/mol. The fraction of sp³-hybridized carbons (Fsp3) is 0.583. The van der Waals surface area contributed by atoms with E-state index in [0.29, 0.717) is 30.0 Å². The third-order valence-electron chi connectivity index (χ3n) is 9.86. The second-order valence-electron chi connectivity index (χ2n) is 15.0. The standard InChI is InChI=1S/C36H47ClN2O6S/c1-8-23-18-36(23,32(40)20-46(43,44)26-11-12-26)38-33(41)30-17-25(19-39(30)34(42)29(15-21(2)3)35(5,6)7)45-31-14-9-22(4)27-13-10-24(37)16-28(27)31/h8-10,13-14,16,21,23,25-26,29-30H,1,11-12,15,17-20H2,2-7H3,(H,38,41)/t23-,25-,29?,30+,36-/m1/s1. The van der Waals surface area contributed by atoms with E-state index in [1.165, 1.54) is 0 Å². The number of halogens is 1. The number of fused-ring (bicyclic) bond motifs is 1. The number of sulfone groups is 1. The van der Waals surface area contributed by atoms with Gasteiger partial charge in [0.1, 0.15) is 29.2 Å².